The summed E-state index contributed by atoms with van der Waals surface area (Å²) in [6.07, 6.45) is 7.99. The van der Waals surface area contributed by atoms with E-state index in [2.05, 4.69) is 200 Å². The first-order chi connectivity index (χ1) is 23.5. The molecule has 6 aromatic carbocycles. The lowest BCUT2D eigenvalue weighted by atomic mass is 9.95. The highest BCUT2D eigenvalue weighted by atomic mass is 15.2. The normalized spacial score (nSPS) is 14.0. The van der Waals surface area contributed by atoms with Gasteiger partial charge in [-0.25, -0.2) is 0 Å². The smallest absolute Gasteiger partial charge is 0.0560 e. The molecule has 7 rings (SSSR count). The first-order valence-corrected chi connectivity index (χ1v) is 16.9. The van der Waals surface area contributed by atoms with Gasteiger partial charge in [0.05, 0.1) is 6.04 Å². The number of rotatable bonds is 9. The van der Waals surface area contributed by atoms with Gasteiger partial charge in [0.2, 0.25) is 0 Å². The van der Waals surface area contributed by atoms with Crippen LogP contribution in [-0.4, -0.2) is 6.04 Å². The predicted octanol–water partition coefficient (Wildman–Crippen LogP) is 12.2. The Hall–Kier alpha value is -5.60. The minimum absolute atomic E-state index is 0.237. The van der Waals surface area contributed by atoms with E-state index in [0.717, 1.165) is 13.0 Å². The number of anilines is 4. The monoisotopic (exact) mass is 622 g/mol. The van der Waals surface area contributed by atoms with Crippen LogP contribution in [0.4, 0.5) is 22.7 Å². The molecule has 0 aliphatic heterocycles. The van der Waals surface area contributed by atoms with E-state index in [1.54, 1.807) is 0 Å². The molecular weight excluding hydrogens is 581 g/mol. The summed E-state index contributed by atoms with van der Waals surface area (Å²) in [7, 11) is 0. The van der Waals surface area contributed by atoms with Crippen LogP contribution in [-0.2, 0) is 6.54 Å². The molecule has 48 heavy (non-hydrogen) atoms. The van der Waals surface area contributed by atoms with E-state index in [-0.39, 0.29) is 6.04 Å². The van der Waals surface area contributed by atoms with Crippen molar-refractivity contribution in [3.8, 4) is 11.1 Å². The van der Waals surface area contributed by atoms with Crippen molar-refractivity contribution in [2.75, 3.05) is 9.80 Å². The third kappa shape index (κ3) is 7.04. The summed E-state index contributed by atoms with van der Waals surface area (Å²) in [6.45, 7) is 7.25. The minimum Gasteiger partial charge on any atom is -0.337 e. The van der Waals surface area contributed by atoms with Gasteiger partial charge in [-0.3, -0.25) is 0 Å². The fourth-order valence-corrected chi connectivity index (χ4v) is 6.61. The van der Waals surface area contributed by atoms with E-state index in [4.69, 9.17) is 0 Å². The standard InChI is InChI=1S/C46H42N2/c1-34-15-17-38(18-16-34)39-19-25-42(26-20-39)47(33-37-11-5-4-6-12-37)43-27-21-40(22-28-43)41-23-29-44(30-24-41)48(45-13-7-9-35(2)31-45)46-14-8-10-36(3)32-46/h4-29,31-32,44H,30,33H2,1-3H3. The van der Waals surface area contributed by atoms with Crippen LogP contribution in [0, 0.1) is 20.8 Å². The highest BCUT2D eigenvalue weighted by Gasteiger charge is 2.21. The van der Waals surface area contributed by atoms with E-state index in [1.165, 1.54) is 67.3 Å². The number of hydrogen-bond acceptors (Lipinski definition) is 2. The van der Waals surface area contributed by atoms with Crippen LogP contribution in [0.25, 0.3) is 16.7 Å². The van der Waals surface area contributed by atoms with Crippen molar-refractivity contribution in [1.29, 1.82) is 0 Å². The number of allylic oxidation sites excluding steroid dienone is 2. The van der Waals surface area contributed by atoms with E-state index in [0.29, 0.717) is 0 Å². The maximum atomic E-state index is 2.47. The summed E-state index contributed by atoms with van der Waals surface area (Å²) >= 11 is 0. The van der Waals surface area contributed by atoms with Crippen molar-refractivity contribution in [2.45, 2.75) is 39.8 Å². The lowest BCUT2D eigenvalue weighted by molar-refractivity contribution is 0.786. The molecule has 0 radical (unpaired) electrons. The molecule has 1 unspecified atom stereocenters. The van der Waals surface area contributed by atoms with Gasteiger partial charge >= 0.3 is 0 Å². The Morgan fingerprint density at radius 1 is 0.500 bits per heavy atom. The van der Waals surface area contributed by atoms with Crippen LogP contribution >= 0.6 is 0 Å². The summed E-state index contributed by atoms with van der Waals surface area (Å²) < 4.78 is 0. The van der Waals surface area contributed by atoms with Gasteiger partial charge in [0, 0.05) is 29.3 Å². The molecule has 1 aliphatic rings. The van der Waals surface area contributed by atoms with Gasteiger partial charge in [-0.1, -0.05) is 127 Å². The average molecular weight is 623 g/mol. The lowest BCUT2D eigenvalue weighted by Gasteiger charge is -2.33. The third-order valence-corrected chi connectivity index (χ3v) is 9.23. The highest BCUT2D eigenvalue weighted by molar-refractivity contribution is 5.78. The predicted molar refractivity (Wildman–Crippen MR) is 205 cm³/mol. The summed E-state index contributed by atoms with van der Waals surface area (Å²) in [5, 5.41) is 0. The second kappa shape index (κ2) is 14.0. The van der Waals surface area contributed by atoms with Crippen LogP contribution in [0.1, 0.15) is 34.2 Å². The molecule has 1 aliphatic carbocycles. The van der Waals surface area contributed by atoms with Crippen LogP contribution in [0.15, 0.2) is 170 Å². The van der Waals surface area contributed by atoms with Gasteiger partial charge in [0.1, 0.15) is 0 Å². The number of aryl methyl sites for hydroxylation is 3. The molecule has 2 heteroatoms. The van der Waals surface area contributed by atoms with E-state index < -0.39 is 0 Å². The third-order valence-electron chi connectivity index (χ3n) is 9.23. The molecule has 0 saturated heterocycles. The zero-order valence-electron chi connectivity index (χ0n) is 28.1. The topological polar surface area (TPSA) is 6.48 Å². The Morgan fingerprint density at radius 2 is 1.04 bits per heavy atom. The Bertz CT molecular complexity index is 1990. The van der Waals surface area contributed by atoms with Crippen LogP contribution in [0.3, 0.4) is 0 Å². The van der Waals surface area contributed by atoms with Crippen molar-refractivity contribution in [1.82, 2.24) is 0 Å². The van der Waals surface area contributed by atoms with Crippen molar-refractivity contribution < 1.29 is 0 Å². The van der Waals surface area contributed by atoms with Gasteiger partial charge in [0.15, 0.2) is 0 Å². The molecule has 0 saturated carbocycles. The van der Waals surface area contributed by atoms with Gasteiger partial charge in [-0.05, 0) is 115 Å². The van der Waals surface area contributed by atoms with Gasteiger partial charge in [0.25, 0.3) is 0 Å². The molecule has 0 aromatic heterocycles. The van der Waals surface area contributed by atoms with Crippen LogP contribution in [0.5, 0.6) is 0 Å². The van der Waals surface area contributed by atoms with Crippen LogP contribution in [0.2, 0.25) is 0 Å². The SMILES string of the molecule is Cc1ccc(-c2ccc(N(Cc3ccccc3)c3ccc(C4=CCC(N(c5cccc(C)c5)c5cccc(C)c5)C=C4)cc3)cc2)cc1. The molecule has 0 N–H and O–H groups in total. The quantitative estimate of drug-likeness (QED) is 0.158. The molecule has 1 atom stereocenters. The van der Waals surface area contributed by atoms with Crippen molar-refractivity contribution in [3.05, 3.63) is 198 Å². The maximum absolute atomic E-state index is 2.47. The molecule has 0 fully saturated rings. The second-order valence-corrected chi connectivity index (χ2v) is 12.9. The van der Waals surface area contributed by atoms with Crippen molar-refractivity contribution in [2.24, 2.45) is 0 Å². The van der Waals surface area contributed by atoms with Crippen LogP contribution < -0.4 is 9.80 Å². The van der Waals surface area contributed by atoms with Crippen molar-refractivity contribution in [3.63, 3.8) is 0 Å². The zero-order chi connectivity index (χ0) is 32.9. The number of nitrogens with zero attached hydrogens (tertiary/aromatic N) is 2. The number of hydrogen-bond donors (Lipinski definition) is 0. The molecule has 2 nitrogen and oxygen atoms in total. The fourth-order valence-electron chi connectivity index (χ4n) is 6.61. The van der Waals surface area contributed by atoms with E-state index in [9.17, 15) is 0 Å². The van der Waals surface area contributed by atoms with E-state index >= 15 is 0 Å². The highest BCUT2D eigenvalue weighted by Crippen LogP contribution is 2.35. The average Bonchev–Trinajstić information content (AvgIpc) is 3.12. The van der Waals surface area contributed by atoms with Gasteiger partial charge < -0.3 is 9.80 Å². The maximum Gasteiger partial charge on any atom is 0.0560 e. The summed E-state index contributed by atoms with van der Waals surface area (Å²) in [5.41, 5.74) is 14.9. The van der Waals surface area contributed by atoms with Gasteiger partial charge in [-0.2, -0.15) is 0 Å². The summed E-state index contributed by atoms with van der Waals surface area (Å²) in [5.74, 6) is 0. The lowest BCUT2D eigenvalue weighted by Crippen LogP contribution is -2.30. The fraction of sp³-hybridized carbons (Fsp3) is 0.130. The summed E-state index contributed by atoms with van der Waals surface area (Å²) in [4.78, 5) is 4.87. The molecule has 0 heterocycles. The molecule has 0 bridgehead atoms. The van der Waals surface area contributed by atoms with E-state index in [1.807, 2.05) is 0 Å². The molecule has 6 aromatic rings. The van der Waals surface area contributed by atoms with Gasteiger partial charge in [-0.15, -0.1) is 0 Å². The largest absolute Gasteiger partial charge is 0.337 e. The zero-order valence-corrected chi connectivity index (χ0v) is 28.1. The first kappa shape index (κ1) is 31.0. The second-order valence-electron chi connectivity index (χ2n) is 12.9. The molecule has 0 spiro atoms. The molecular formula is C46H42N2. The molecule has 0 amide bonds. The van der Waals surface area contributed by atoms with Crippen molar-refractivity contribution >= 4 is 28.3 Å². The Kier molecular flexibility index (Phi) is 9.07. The Labute approximate surface area is 286 Å². The number of benzene rings is 6. The minimum atomic E-state index is 0.237. The first-order valence-electron chi connectivity index (χ1n) is 16.9. The Morgan fingerprint density at radius 3 is 1.56 bits per heavy atom. The summed E-state index contributed by atoms with van der Waals surface area (Å²) in [6, 6.07) is 55.4. The Balaban J connectivity index is 1.13. The molecule has 236 valence electrons.